The van der Waals surface area contributed by atoms with Crippen molar-refractivity contribution in [1.29, 1.82) is 0 Å². The van der Waals surface area contributed by atoms with Crippen LogP contribution < -0.4 is 0 Å². The zero-order valence-corrected chi connectivity index (χ0v) is 10.7. The van der Waals surface area contributed by atoms with E-state index in [2.05, 4.69) is 13.7 Å². The molecule has 2 atom stereocenters. The molecular formula is C10H13F3N2O2S. The Morgan fingerprint density at radius 1 is 1.50 bits per heavy atom. The van der Waals surface area contributed by atoms with Crippen molar-refractivity contribution in [2.45, 2.75) is 31.9 Å². The second-order valence-corrected chi connectivity index (χ2v) is 5.38. The molecule has 0 aliphatic heterocycles. The number of hydrogen-bond acceptors (Lipinski definition) is 4. The smallest absolute Gasteiger partial charge is 0.236 e. The Morgan fingerprint density at radius 3 is 2.56 bits per heavy atom. The lowest BCUT2D eigenvalue weighted by atomic mass is 10.0. The molecule has 1 heterocycles. The number of aromatic nitrogens is 1. The molecule has 0 N–H and O–H groups in total. The summed E-state index contributed by atoms with van der Waals surface area (Å²) in [6.07, 6.45) is 2.32. The van der Waals surface area contributed by atoms with E-state index in [1.165, 1.54) is 12.3 Å². The second-order valence-electron chi connectivity index (χ2n) is 3.69. The molecule has 0 saturated heterocycles. The molecule has 102 valence electrons. The van der Waals surface area contributed by atoms with Crippen LogP contribution in [0.25, 0.3) is 0 Å². The fourth-order valence-corrected chi connectivity index (χ4v) is 1.72. The van der Waals surface area contributed by atoms with Crippen molar-refractivity contribution in [2.75, 3.05) is 0 Å². The van der Waals surface area contributed by atoms with Gasteiger partial charge in [-0.1, -0.05) is 24.3 Å². The fraction of sp³-hybridized carbons (Fsp3) is 0.500. The average Bonchev–Trinajstić information content (AvgIpc) is 2.38. The van der Waals surface area contributed by atoms with Gasteiger partial charge in [-0.25, -0.2) is 9.19 Å². The molecule has 1 aromatic rings. The topological polar surface area (TPSA) is 51.5 Å². The molecule has 0 saturated carbocycles. The first-order chi connectivity index (χ1) is 8.42. The molecule has 0 aromatic carbocycles. The van der Waals surface area contributed by atoms with Crippen LogP contribution in [0, 0.1) is 0 Å². The van der Waals surface area contributed by atoms with Crippen molar-refractivity contribution in [3.63, 3.8) is 0 Å². The van der Waals surface area contributed by atoms with Crippen molar-refractivity contribution >= 4 is 15.8 Å². The minimum Gasteiger partial charge on any atom is -0.236 e. The molecule has 0 aliphatic carbocycles. The highest BCUT2D eigenvalue weighted by Gasteiger charge is 2.25. The zero-order valence-electron chi connectivity index (χ0n) is 9.85. The van der Waals surface area contributed by atoms with Crippen LogP contribution in [0.15, 0.2) is 22.7 Å². The molecule has 18 heavy (non-hydrogen) atoms. The normalized spacial score (nSPS) is 16.3. The molecule has 1 rings (SSSR count). The van der Waals surface area contributed by atoms with Crippen LogP contribution >= 0.6 is 0 Å². The third kappa shape index (κ3) is 3.42. The molecule has 4 nitrogen and oxygen atoms in total. The van der Waals surface area contributed by atoms with Gasteiger partial charge in [0.1, 0.15) is 0 Å². The van der Waals surface area contributed by atoms with Crippen LogP contribution in [-0.4, -0.2) is 15.0 Å². The largest absolute Gasteiger partial charge is 0.346 e. The SMILES string of the molecule is CCC(C)c1ccc(N=S(=O)(OF)C(F)F)nc1. The molecule has 0 spiro atoms. The summed E-state index contributed by atoms with van der Waals surface area (Å²) in [7, 11) is -4.67. The third-order valence-corrected chi connectivity index (χ3v) is 3.56. The Hall–Kier alpha value is -1.15. The van der Waals surface area contributed by atoms with Gasteiger partial charge >= 0.3 is 5.76 Å². The van der Waals surface area contributed by atoms with Crippen LogP contribution in [0.5, 0.6) is 0 Å². The standard InChI is InChI=1S/C10H13F3N2O2S/c1-3-7(2)8-4-5-9(14-6-8)15-18(16,17-13)10(11)12/h4-7,10H,3H2,1-2H3. The lowest BCUT2D eigenvalue weighted by Gasteiger charge is -2.08. The van der Waals surface area contributed by atoms with Crippen LogP contribution in [0.2, 0.25) is 0 Å². The van der Waals surface area contributed by atoms with Crippen LogP contribution in [-0.2, 0) is 14.4 Å². The van der Waals surface area contributed by atoms with Gasteiger partial charge in [-0.3, -0.25) is 0 Å². The van der Waals surface area contributed by atoms with Crippen LogP contribution in [0.4, 0.5) is 19.1 Å². The van der Waals surface area contributed by atoms with E-state index in [-0.39, 0.29) is 11.7 Å². The predicted molar refractivity (Wildman–Crippen MR) is 61.4 cm³/mol. The average molecular weight is 282 g/mol. The summed E-state index contributed by atoms with van der Waals surface area (Å²) in [4.78, 5) is 3.74. The number of alkyl halides is 2. The Morgan fingerprint density at radius 2 is 2.17 bits per heavy atom. The molecule has 0 fully saturated rings. The molecule has 0 bridgehead atoms. The maximum atomic E-state index is 12.3. The number of rotatable bonds is 5. The van der Waals surface area contributed by atoms with Crippen molar-refractivity contribution in [1.82, 2.24) is 4.98 Å². The quantitative estimate of drug-likeness (QED) is 0.826. The van der Waals surface area contributed by atoms with Crippen LogP contribution in [0.1, 0.15) is 31.7 Å². The van der Waals surface area contributed by atoms with Gasteiger partial charge in [0.25, 0.3) is 10.0 Å². The van der Waals surface area contributed by atoms with Crippen LogP contribution in [0.3, 0.4) is 0 Å². The van der Waals surface area contributed by atoms with Crippen molar-refractivity contribution in [3.05, 3.63) is 23.9 Å². The molecule has 0 amide bonds. The number of nitrogens with zero attached hydrogens (tertiary/aromatic N) is 2. The van der Waals surface area contributed by atoms with E-state index >= 15 is 0 Å². The van der Waals surface area contributed by atoms with Gasteiger partial charge in [0.05, 0.1) is 0 Å². The highest BCUT2D eigenvalue weighted by atomic mass is 32.2. The van der Waals surface area contributed by atoms with E-state index < -0.39 is 15.8 Å². The summed E-state index contributed by atoms with van der Waals surface area (Å²) >= 11 is 0. The predicted octanol–water partition coefficient (Wildman–Crippen LogP) is 3.73. The van der Waals surface area contributed by atoms with Gasteiger partial charge < -0.3 is 0 Å². The van der Waals surface area contributed by atoms with Gasteiger partial charge in [0.2, 0.25) is 0 Å². The summed E-state index contributed by atoms with van der Waals surface area (Å²) in [5, 5.41) is 0. The molecule has 0 aliphatic rings. The number of halogens is 3. The molecule has 0 radical (unpaired) electrons. The summed E-state index contributed by atoms with van der Waals surface area (Å²) in [5.74, 6) is -3.55. The number of hydrogen-bond donors (Lipinski definition) is 0. The van der Waals surface area contributed by atoms with E-state index in [1.807, 2.05) is 13.8 Å². The van der Waals surface area contributed by atoms with Gasteiger partial charge in [-0.2, -0.15) is 8.78 Å². The Labute approximate surface area is 103 Å². The van der Waals surface area contributed by atoms with Gasteiger partial charge in [-0.15, -0.1) is 4.36 Å². The Balaban J connectivity index is 3.06. The maximum Gasteiger partial charge on any atom is 0.346 e. The van der Waals surface area contributed by atoms with Crippen molar-refractivity contribution < 1.29 is 21.9 Å². The van der Waals surface area contributed by atoms with Crippen molar-refractivity contribution in [3.8, 4) is 0 Å². The third-order valence-electron chi connectivity index (χ3n) is 2.49. The van der Waals surface area contributed by atoms with Crippen molar-refractivity contribution in [2.24, 2.45) is 4.36 Å². The zero-order chi connectivity index (χ0) is 13.8. The van der Waals surface area contributed by atoms with E-state index in [0.29, 0.717) is 0 Å². The first kappa shape index (κ1) is 14.9. The highest BCUT2D eigenvalue weighted by molar-refractivity contribution is 7.89. The lowest BCUT2D eigenvalue weighted by Crippen LogP contribution is -2.10. The number of pyridine rings is 1. The lowest BCUT2D eigenvalue weighted by molar-refractivity contribution is -0.000970. The van der Waals surface area contributed by atoms with E-state index in [0.717, 1.165) is 12.0 Å². The Kier molecular flexibility index (Phi) is 5.09. The maximum absolute atomic E-state index is 12.3. The fourth-order valence-electron chi connectivity index (χ4n) is 1.19. The van der Waals surface area contributed by atoms with E-state index in [1.54, 1.807) is 6.07 Å². The van der Waals surface area contributed by atoms with E-state index in [9.17, 15) is 17.5 Å². The first-order valence-corrected chi connectivity index (χ1v) is 6.73. The molecule has 1 aromatic heterocycles. The Bertz CT molecular complexity index is 498. The van der Waals surface area contributed by atoms with E-state index in [4.69, 9.17) is 0 Å². The molecular weight excluding hydrogens is 269 g/mol. The van der Waals surface area contributed by atoms with Gasteiger partial charge in [-0.05, 0) is 28.5 Å². The van der Waals surface area contributed by atoms with Gasteiger partial charge in [0, 0.05) is 6.20 Å². The first-order valence-electron chi connectivity index (χ1n) is 5.23. The summed E-state index contributed by atoms with van der Waals surface area (Å²) in [5.41, 5.74) is 0.890. The molecule has 8 heteroatoms. The minimum atomic E-state index is -4.67. The summed E-state index contributed by atoms with van der Waals surface area (Å²) in [6, 6.07) is 2.91. The summed E-state index contributed by atoms with van der Waals surface area (Å²) < 4.78 is 53.3. The summed E-state index contributed by atoms with van der Waals surface area (Å²) in [6.45, 7) is 3.96. The highest BCUT2D eigenvalue weighted by Crippen LogP contribution is 2.22. The second kappa shape index (κ2) is 6.14. The van der Waals surface area contributed by atoms with Gasteiger partial charge in [0.15, 0.2) is 5.82 Å². The monoisotopic (exact) mass is 282 g/mol. The molecule has 2 unspecified atom stereocenters. The minimum absolute atomic E-state index is 0.253.